The van der Waals surface area contributed by atoms with Crippen LogP contribution in [-0.4, -0.2) is 42.5 Å². The molecule has 1 heterocycles. The summed E-state index contributed by atoms with van der Waals surface area (Å²) >= 11 is 0. The van der Waals surface area contributed by atoms with Crippen LogP contribution in [0.3, 0.4) is 0 Å². The maximum atomic E-state index is 12.6. The number of esters is 1. The van der Waals surface area contributed by atoms with Gasteiger partial charge in [-0.15, -0.1) is 0 Å². The molecule has 1 saturated heterocycles. The molecule has 4 atom stereocenters. The van der Waals surface area contributed by atoms with Gasteiger partial charge in [-0.2, -0.15) is 0 Å². The highest BCUT2D eigenvalue weighted by Gasteiger charge is 2.70. The maximum Gasteiger partial charge on any atom is 0.328 e. The first-order valence-corrected chi connectivity index (χ1v) is 7.17. The van der Waals surface area contributed by atoms with E-state index in [1.165, 1.54) is 7.11 Å². The summed E-state index contributed by atoms with van der Waals surface area (Å²) in [4.78, 5) is 26.3. The number of methoxy groups -OCH3 is 1. The van der Waals surface area contributed by atoms with Crippen molar-refractivity contribution in [2.24, 2.45) is 28.4 Å². The number of nitrogens with two attached hydrogens (primary N) is 1. The smallest absolute Gasteiger partial charge is 0.328 e. The number of carbonyl (C=O) groups excluding carboxylic acids is 2. The number of fused-ring (bicyclic) bond motifs is 1. The van der Waals surface area contributed by atoms with E-state index in [1.807, 2.05) is 20.8 Å². The van der Waals surface area contributed by atoms with Crippen LogP contribution in [0.4, 0.5) is 0 Å². The molecule has 114 valence electrons. The van der Waals surface area contributed by atoms with Crippen LogP contribution in [0, 0.1) is 22.7 Å². The minimum Gasteiger partial charge on any atom is -0.467 e. The minimum absolute atomic E-state index is 0.113. The summed E-state index contributed by atoms with van der Waals surface area (Å²) in [6.07, 6.45) is 0. The first-order chi connectivity index (χ1) is 9.03. The molecular formula is C15H26N2O3. The van der Waals surface area contributed by atoms with Gasteiger partial charge in [0.25, 0.3) is 0 Å². The van der Waals surface area contributed by atoms with Gasteiger partial charge < -0.3 is 15.4 Å². The van der Waals surface area contributed by atoms with Gasteiger partial charge in [-0.3, -0.25) is 4.79 Å². The molecule has 2 rings (SSSR count). The molecule has 0 spiro atoms. The molecule has 1 saturated carbocycles. The zero-order valence-corrected chi connectivity index (χ0v) is 13.3. The first kappa shape index (κ1) is 15.3. The van der Waals surface area contributed by atoms with E-state index in [9.17, 15) is 9.59 Å². The number of hydrogen-bond acceptors (Lipinski definition) is 4. The van der Waals surface area contributed by atoms with E-state index in [-0.39, 0.29) is 28.6 Å². The Bertz CT molecular complexity index is 439. The van der Waals surface area contributed by atoms with Crippen molar-refractivity contribution in [2.75, 3.05) is 13.7 Å². The Morgan fingerprint density at radius 3 is 2.45 bits per heavy atom. The summed E-state index contributed by atoms with van der Waals surface area (Å²) in [5.74, 6) is 0.113. The second-order valence-corrected chi connectivity index (χ2v) is 7.76. The zero-order chi connectivity index (χ0) is 15.5. The Morgan fingerprint density at radius 2 is 2.00 bits per heavy atom. The summed E-state index contributed by atoms with van der Waals surface area (Å²) in [6.45, 7) is 10.7. The van der Waals surface area contributed by atoms with E-state index in [1.54, 1.807) is 4.90 Å². The Balaban J connectivity index is 2.21. The summed E-state index contributed by atoms with van der Waals surface area (Å²) in [7, 11) is 1.37. The quantitative estimate of drug-likeness (QED) is 0.768. The Hall–Kier alpha value is -1.10. The molecule has 2 aliphatic rings. The van der Waals surface area contributed by atoms with Crippen molar-refractivity contribution in [3.05, 3.63) is 0 Å². The van der Waals surface area contributed by atoms with Crippen LogP contribution >= 0.6 is 0 Å². The van der Waals surface area contributed by atoms with Crippen LogP contribution in [0.2, 0.25) is 0 Å². The molecule has 0 radical (unpaired) electrons. The van der Waals surface area contributed by atoms with Crippen molar-refractivity contribution < 1.29 is 14.3 Å². The van der Waals surface area contributed by atoms with E-state index in [4.69, 9.17) is 10.5 Å². The van der Waals surface area contributed by atoms with Gasteiger partial charge in [0.15, 0.2) is 0 Å². The number of carbonyl (C=O) groups is 2. The molecule has 0 aromatic carbocycles. The van der Waals surface area contributed by atoms with Crippen molar-refractivity contribution in [3.8, 4) is 0 Å². The predicted molar refractivity (Wildman–Crippen MR) is 75.7 cm³/mol. The molecule has 0 bridgehead atoms. The second kappa shape index (κ2) is 4.45. The molecule has 1 aliphatic carbocycles. The number of nitrogens with zero attached hydrogens (tertiary/aromatic N) is 1. The average molecular weight is 284 g/mol. The lowest BCUT2D eigenvalue weighted by atomic mass is 9.93. The molecule has 2 N–H and O–H groups in total. The fraction of sp³-hybridized carbons (Fsp3) is 0.867. The van der Waals surface area contributed by atoms with Crippen LogP contribution in [0.1, 0.15) is 34.6 Å². The first-order valence-electron chi connectivity index (χ1n) is 7.17. The molecule has 2 fully saturated rings. The number of hydrogen-bond donors (Lipinski definition) is 1. The number of amides is 1. The van der Waals surface area contributed by atoms with Crippen molar-refractivity contribution in [3.63, 3.8) is 0 Å². The fourth-order valence-electron chi connectivity index (χ4n) is 3.45. The standard InChI is InChI=1S/C15H26N2O3/c1-14(2,3)11(16)12(18)17-7-8-9(15(8,4)5)10(17)13(19)20-6/h8-11H,7,16H2,1-6H3/t8-,9-,10-,11+/m0/s1/i12+2. The second-order valence-electron chi connectivity index (χ2n) is 7.76. The molecule has 5 heteroatoms. The molecular weight excluding hydrogens is 258 g/mol. The topological polar surface area (TPSA) is 72.6 Å². The van der Waals surface area contributed by atoms with Crippen LogP contribution in [-0.2, 0) is 14.3 Å². The molecule has 5 nitrogen and oxygen atoms in total. The summed E-state index contributed by atoms with van der Waals surface area (Å²) in [5.41, 5.74) is 5.86. The van der Waals surface area contributed by atoms with Crippen LogP contribution in [0.25, 0.3) is 0 Å². The lowest BCUT2D eigenvalue weighted by molar-refractivity contribution is -0.154. The average Bonchev–Trinajstić information content (AvgIpc) is 2.75. The summed E-state index contributed by atoms with van der Waals surface area (Å²) in [5, 5.41) is 0. The van der Waals surface area contributed by atoms with Crippen LogP contribution < -0.4 is 5.73 Å². The number of likely N-dealkylation sites (tertiary alicyclic amines) is 1. The predicted octanol–water partition coefficient (Wildman–Crippen LogP) is 1.02. The van der Waals surface area contributed by atoms with E-state index in [0.29, 0.717) is 12.5 Å². The Morgan fingerprint density at radius 1 is 1.45 bits per heavy atom. The SMILES string of the molecule is COC(=O)[C@@H]1[C@@H]2[C@H](CN1[14C](=O)[C@@H](N)C(C)(C)C)C2(C)C. The molecule has 0 aromatic rings. The number of ether oxygens (including phenoxy) is 1. The maximum absolute atomic E-state index is 12.6. The van der Waals surface area contributed by atoms with Crippen LogP contribution in [0.15, 0.2) is 0 Å². The fourth-order valence-corrected chi connectivity index (χ4v) is 3.45. The Labute approximate surface area is 120 Å². The molecule has 0 aromatic heterocycles. The molecule has 20 heavy (non-hydrogen) atoms. The van der Waals surface area contributed by atoms with Crippen molar-refractivity contribution in [2.45, 2.75) is 46.7 Å². The normalized spacial score (nSPS) is 32.5. The minimum atomic E-state index is -0.602. The monoisotopic (exact) mass is 284 g/mol. The molecule has 1 amide bonds. The van der Waals surface area contributed by atoms with Gasteiger partial charge in [0.1, 0.15) is 6.04 Å². The van der Waals surface area contributed by atoms with Crippen LogP contribution in [0.5, 0.6) is 0 Å². The third kappa shape index (κ3) is 2.12. The van der Waals surface area contributed by atoms with Crippen molar-refractivity contribution in [1.29, 1.82) is 0 Å². The van der Waals surface area contributed by atoms with E-state index >= 15 is 0 Å². The third-order valence-corrected chi connectivity index (χ3v) is 5.13. The van der Waals surface area contributed by atoms with Crippen molar-refractivity contribution >= 4 is 11.9 Å². The van der Waals surface area contributed by atoms with Gasteiger partial charge in [-0.25, -0.2) is 4.79 Å². The van der Waals surface area contributed by atoms with Gasteiger partial charge >= 0.3 is 5.97 Å². The lowest BCUT2D eigenvalue weighted by Crippen LogP contribution is -2.55. The van der Waals surface area contributed by atoms with E-state index in [0.717, 1.165) is 0 Å². The van der Waals surface area contributed by atoms with Gasteiger partial charge in [-0.05, 0) is 16.7 Å². The highest BCUT2D eigenvalue weighted by molar-refractivity contribution is 5.89. The molecule has 1 aliphatic heterocycles. The van der Waals surface area contributed by atoms with E-state index in [2.05, 4.69) is 13.8 Å². The lowest BCUT2D eigenvalue weighted by Gasteiger charge is -2.35. The van der Waals surface area contributed by atoms with Gasteiger partial charge in [0.05, 0.1) is 13.2 Å². The van der Waals surface area contributed by atoms with E-state index < -0.39 is 12.1 Å². The Kier molecular flexibility index (Phi) is 3.40. The van der Waals surface area contributed by atoms with Gasteiger partial charge in [0, 0.05) is 12.5 Å². The summed E-state index contributed by atoms with van der Waals surface area (Å²) in [6, 6.07) is -1.07. The summed E-state index contributed by atoms with van der Waals surface area (Å²) < 4.78 is 4.90. The highest BCUT2D eigenvalue weighted by Crippen LogP contribution is 2.65. The van der Waals surface area contributed by atoms with Gasteiger partial charge in [0.2, 0.25) is 5.91 Å². The third-order valence-electron chi connectivity index (χ3n) is 5.13. The zero-order valence-electron chi connectivity index (χ0n) is 13.3. The number of rotatable bonds is 2. The molecule has 0 unspecified atom stereocenters. The largest absolute Gasteiger partial charge is 0.467 e. The van der Waals surface area contributed by atoms with Crippen molar-refractivity contribution in [1.82, 2.24) is 4.90 Å². The number of piperidine rings is 1. The highest BCUT2D eigenvalue weighted by atomic mass is 16.5. The van der Waals surface area contributed by atoms with Gasteiger partial charge in [-0.1, -0.05) is 34.6 Å².